The van der Waals surface area contributed by atoms with Gasteiger partial charge in [-0.2, -0.15) is 5.10 Å². The van der Waals surface area contributed by atoms with E-state index in [2.05, 4.69) is 15.4 Å². The van der Waals surface area contributed by atoms with Gasteiger partial charge < -0.3 is 4.74 Å². The molecule has 2 aromatic carbocycles. The minimum Gasteiger partial charge on any atom is -0.497 e. The van der Waals surface area contributed by atoms with Gasteiger partial charge in [-0.1, -0.05) is 18.2 Å². The number of rotatable bonds is 6. The fourth-order valence-corrected chi connectivity index (χ4v) is 3.35. The van der Waals surface area contributed by atoms with Crippen LogP contribution in [0, 0.1) is 11.7 Å². The molecule has 3 rings (SSSR count). The summed E-state index contributed by atoms with van der Waals surface area (Å²) in [6.07, 6.45) is 1.49. The third-order valence-corrected chi connectivity index (χ3v) is 5.15. The quantitative estimate of drug-likeness (QED) is 0.613. The number of benzene rings is 2. The predicted octanol–water partition coefficient (Wildman–Crippen LogP) is 3.59. The summed E-state index contributed by atoms with van der Waals surface area (Å²) in [6.45, 7) is 3.98. The van der Waals surface area contributed by atoms with Crippen molar-refractivity contribution in [2.24, 2.45) is 11.0 Å². The first-order valence-corrected chi connectivity index (χ1v) is 9.51. The second-order valence-electron chi connectivity index (χ2n) is 7.04. The van der Waals surface area contributed by atoms with Crippen LogP contribution in [-0.4, -0.2) is 36.7 Å². The van der Waals surface area contributed by atoms with Crippen LogP contribution >= 0.6 is 0 Å². The molecule has 0 spiro atoms. The summed E-state index contributed by atoms with van der Waals surface area (Å²) in [5.74, 6) is 0.483. The fourth-order valence-electron chi connectivity index (χ4n) is 3.35. The Morgan fingerprint density at radius 2 is 1.86 bits per heavy atom. The number of nitrogens with zero attached hydrogens (tertiary/aromatic N) is 2. The van der Waals surface area contributed by atoms with Crippen LogP contribution in [0.5, 0.6) is 5.75 Å². The molecule has 0 atom stereocenters. The predicted molar refractivity (Wildman–Crippen MR) is 108 cm³/mol. The van der Waals surface area contributed by atoms with Crippen molar-refractivity contribution >= 4 is 11.6 Å². The molecule has 0 aliphatic carbocycles. The maximum atomic E-state index is 13.8. The second kappa shape index (κ2) is 9.46. The fraction of sp³-hybridized carbons (Fsp3) is 0.364. The van der Waals surface area contributed by atoms with E-state index >= 15 is 0 Å². The van der Waals surface area contributed by atoms with Crippen molar-refractivity contribution in [1.82, 2.24) is 10.3 Å². The number of piperidine rings is 1. The van der Waals surface area contributed by atoms with Crippen molar-refractivity contribution < 1.29 is 13.9 Å². The first-order chi connectivity index (χ1) is 13.6. The molecule has 0 aromatic heterocycles. The van der Waals surface area contributed by atoms with Gasteiger partial charge in [0.2, 0.25) is 5.91 Å². The SMILES string of the molecule is COc1ccc(/C(C)=N/NC(=O)C2CCN(Cc3ccccc3F)CC2)cc1. The van der Waals surface area contributed by atoms with Crippen LogP contribution in [0.15, 0.2) is 53.6 Å². The van der Waals surface area contributed by atoms with Crippen LogP contribution in [0.2, 0.25) is 0 Å². The van der Waals surface area contributed by atoms with Gasteiger partial charge >= 0.3 is 0 Å². The number of carbonyl (C=O) groups is 1. The summed E-state index contributed by atoms with van der Waals surface area (Å²) in [4.78, 5) is 14.6. The zero-order valence-electron chi connectivity index (χ0n) is 16.3. The zero-order valence-corrected chi connectivity index (χ0v) is 16.3. The highest BCUT2D eigenvalue weighted by molar-refractivity contribution is 5.99. The van der Waals surface area contributed by atoms with Crippen molar-refractivity contribution in [2.45, 2.75) is 26.3 Å². The van der Waals surface area contributed by atoms with Crippen LogP contribution in [0.3, 0.4) is 0 Å². The van der Waals surface area contributed by atoms with Crippen LogP contribution < -0.4 is 10.2 Å². The summed E-state index contributed by atoms with van der Waals surface area (Å²) in [5.41, 5.74) is 5.07. The number of hydrogen-bond acceptors (Lipinski definition) is 4. The van der Waals surface area contributed by atoms with Gasteiger partial charge in [0, 0.05) is 18.0 Å². The summed E-state index contributed by atoms with van der Waals surface area (Å²) in [6, 6.07) is 14.4. The molecule has 1 N–H and O–H groups in total. The molecular weight excluding hydrogens is 357 g/mol. The number of methoxy groups -OCH3 is 1. The number of hydrogen-bond donors (Lipinski definition) is 1. The van der Waals surface area contributed by atoms with E-state index in [9.17, 15) is 9.18 Å². The lowest BCUT2D eigenvalue weighted by atomic mass is 9.96. The van der Waals surface area contributed by atoms with Crippen LogP contribution in [0.4, 0.5) is 4.39 Å². The second-order valence-corrected chi connectivity index (χ2v) is 7.04. The van der Waals surface area contributed by atoms with Crippen molar-refractivity contribution in [1.29, 1.82) is 0 Å². The van der Waals surface area contributed by atoms with E-state index in [1.807, 2.05) is 43.3 Å². The van der Waals surface area contributed by atoms with E-state index in [0.29, 0.717) is 12.1 Å². The average Bonchev–Trinajstić information content (AvgIpc) is 2.74. The molecule has 0 saturated carbocycles. The highest BCUT2D eigenvalue weighted by atomic mass is 19.1. The van der Waals surface area contributed by atoms with E-state index < -0.39 is 0 Å². The molecule has 1 fully saturated rings. The smallest absolute Gasteiger partial charge is 0.243 e. The van der Waals surface area contributed by atoms with E-state index in [1.165, 1.54) is 6.07 Å². The van der Waals surface area contributed by atoms with Gasteiger partial charge in [-0.25, -0.2) is 9.82 Å². The van der Waals surface area contributed by atoms with Crippen LogP contribution in [0.1, 0.15) is 30.9 Å². The molecule has 0 bridgehead atoms. The Morgan fingerprint density at radius 3 is 2.50 bits per heavy atom. The van der Waals surface area contributed by atoms with E-state index in [0.717, 1.165) is 43.0 Å². The lowest BCUT2D eigenvalue weighted by molar-refractivity contribution is -0.126. The topological polar surface area (TPSA) is 53.9 Å². The van der Waals surface area contributed by atoms with Gasteiger partial charge in [0.25, 0.3) is 0 Å². The zero-order chi connectivity index (χ0) is 19.9. The van der Waals surface area contributed by atoms with Gasteiger partial charge in [0.1, 0.15) is 11.6 Å². The number of amides is 1. The number of halogens is 1. The first kappa shape index (κ1) is 20.0. The maximum Gasteiger partial charge on any atom is 0.243 e. The van der Waals surface area contributed by atoms with Gasteiger partial charge in [0.05, 0.1) is 12.8 Å². The van der Waals surface area contributed by atoms with Gasteiger partial charge in [-0.3, -0.25) is 9.69 Å². The lowest BCUT2D eigenvalue weighted by Gasteiger charge is -2.31. The summed E-state index contributed by atoms with van der Waals surface area (Å²) >= 11 is 0. The highest BCUT2D eigenvalue weighted by Crippen LogP contribution is 2.20. The van der Waals surface area contributed by atoms with Crippen LogP contribution in [0.25, 0.3) is 0 Å². The van der Waals surface area contributed by atoms with Crippen molar-refractivity contribution in [3.05, 3.63) is 65.5 Å². The van der Waals surface area contributed by atoms with Crippen molar-refractivity contribution in [3.8, 4) is 5.75 Å². The van der Waals surface area contributed by atoms with E-state index in [4.69, 9.17) is 4.74 Å². The molecule has 28 heavy (non-hydrogen) atoms. The Balaban J connectivity index is 1.48. The van der Waals surface area contributed by atoms with Gasteiger partial charge in [-0.15, -0.1) is 0 Å². The lowest BCUT2D eigenvalue weighted by Crippen LogP contribution is -2.39. The number of nitrogens with one attached hydrogen (secondary N) is 1. The maximum absolute atomic E-state index is 13.8. The Bertz CT molecular complexity index is 828. The number of ether oxygens (including phenoxy) is 1. The summed E-state index contributed by atoms with van der Waals surface area (Å²) < 4.78 is 18.9. The first-order valence-electron chi connectivity index (χ1n) is 9.51. The third kappa shape index (κ3) is 5.16. The van der Waals surface area contributed by atoms with Gasteiger partial charge in [0.15, 0.2) is 0 Å². The highest BCUT2D eigenvalue weighted by Gasteiger charge is 2.25. The van der Waals surface area contributed by atoms with E-state index in [-0.39, 0.29) is 17.6 Å². The molecule has 148 valence electrons. The van der Waals surface area contributed by atoms with Crippen molar-refractivity contribution in [2.75, 3.05) is 20.2 Å². The standard InChI is InChI=1S/C22H26FN3O2/c1-16(17-7-9-20(28-2)10-8-17)24-25-22(27)18-11-13-26(14-12-18)15-19-5-3-4-6-21(19)23/h3-10,18H,11-15H2,1-2H3,(H,25,27)/b24-16+. The van der Waals surface area contributed by atoms with Crippen molar-refractivity contribution in [3.63, 3.8) is 0 Å². The molecule has 1 aliphatic rings. The molecular formula is C22H26FN3O2. The Morgan fingerprint density at radius 1 is 1.18 bits per heavy atom. The number of hydrazone groups is 1. The normalized spacial score (nSPS) is 16.0. The largest absolute Gasteiger partial charge is 0.497 e. The van der Waals surface area contributed by atoms with Crippen LogP contribution in [-0.2, 0) is 11.3 Å². The number of carbonyl (C=O) groups excluding carboxylic acids is 1. The molecule has 1 saturated heterocycles. The number of likely N-dealkylation sites (tertiary alicyclic amines) is 1. The molecule has 1 heterocycles. The minimum atomic E-state index is -0.175. The molecule has 2 aromatic rings. The molecule has 6 heteroatoms. The Hall–Kier alpha value is -2.73. The average molecular weight is 383 g/mol. The molecule has 0 radical (unpaired) electrons. The third-order valence-electron chi connectivity index (χ3n) is 5.15. The molecule has 0 unspecified atom stereocenters. The van der Waals surface area contributed by atoms with Gasteiger partial charge in [-0.05, 0) is 68.8 Å². The molecule has 1 aliphatic heterocycles. The monoisotopic (exact) mass is 383 g/mol. The summed E-state index contributed by atoms with van der Waals surface area (Å²) in [5, 5.41) is 4.24. The van der Waals surface area contributed by atoms with E-state index in [1.54, 1.807) is 13.2 Å². The molecule has 1 amide bonds. The minimum absolute atomic E-state index is 0.0570. The summed E-state index contributed by atoms with van der Waals surface area (Å²) in [7, 11) is 1.62. The molecule has 5 nitrogen and oxygen atoms in total. The Kier molecular flexibility index (Phi) is 6.76. The Labute approximate surface area is 165 Å².